The monoisotopic (exact) mass is 367 g/mol. The number of sulfonamides is 1. The summed E-state index contributed by atoms with van der Waals surface area (Å²) in [5.41, 5.74) is 1.15. The molecule has 8 heteroatoms. The van der Waals surface area contributed by atoms with Gasteiger partial charge in [0, 0.05) is 16.1 Å². The predicted octanol–water partition coefficient (Wildman–Crippen LogP) is 4.18. The van der Waals surface area contributed by atoms with E-state index in [0.29, 0.717) is 21.2 Å². The van der Waals surface area contributed by atoms with Crippen LogP contribution >= 0.6 is 23.2 Å². The number of rotatable bonds is 4. The summed E-state index contributed by atoms with van der Waals surface area (Å²) in [6.45, 7) is 0. The summed E-state index contributed by atoms with van der Waals surface area (Å²) < 4.78 is 27.3. The molecule has 2 aromatic carbocycles. The van der Waals surface area contributed by atoms with Gasteiger partial charge in [-0.2, -0.15) is 5.10 Å². The zero-order chi connectivity index (χ0) is 16.4. The highest BCUT2D eigenvalue weighted by Crippen LogP contribution is 2.34. The van der Waals surface area contributed by atoms with Crippen molar-refractivity contribution in [3.05, 3.63) is 64.8 Å². The molecule has 0 saturated carbocycles. The maximum absolute atomic E-state index is 12.4. The Labute approximate surface area is 143 Å². The van der Waals surface area contributed by atoms with Crippen molar-refractivity contribution >= 4 is 39.0 Å². The van der Waals surface area contributed by atoms with Crippen LogP contribution in [0, 0.1) is 0 Å². The average Bonchev–Trinajstić information content (AvgIpc) is 2.95. The standard InChI is InChI=1S/C15H11Cl2N3O2S/c16-10-6-7-12(14(17)8-10)13-9-18-19-15(13)20-23(21,22)11-4-2-1-3-5-11/h1-9H,(H2,18,19,20). The van der Waals surface area contributed by atoms with E-state index in [-0.39, 0.29) is 10.7 Å². The molecule has 5 nitrogen and oxygen atoms in total. The molecule has 0 atom stereocenters. The van der Waals surface area contributed by atoms with Crippen molar-refractivity contribution < 1.29 is 8.42 Å². The van der Waals surface area contributed by atoms with E-state index < -0.39 is 10.0 Å². The van der Waals surface area contributed by atoms with Gasteiger partial charge in [-0.05, 0) is 24.3 Å². The van der Waals surface area contributed by atoms with Crippen molar-refractivity contribution in [1.82, 2.24) is 10.2 Å². The first kappa shape index (κ1) is 15.9. The van der Waals surface area contributed by atoms with Gasteiger partial charge in [0.2, 0.25) is 0 Å². The number of hydrogen-bond donors (Lipinski definition) is 2. The predicted molar refractivity (Wildman–Crippen MR) is 91.3 cm³/mol. The van der Waals surface area contributed by atoms with E-state index in [9.17, 15) is 8.42 Å². The van der Waals surface area contributed by atoms with E-state index in [1.807, 2.05) is 0 Å². The molecule has 1 aromatic heterocycles. The molecule has 0 unspecified atom stereocenters. The van der Waals surface area contributed by atoms with Crippen molar-refractivity contribution in [3.63, 3.8) is 0 Å². The first-order valence-corrected chi connectivity index (χ1v) is 8.78. The van der Waals surface area contributed by atoms with Gasteiger partial charge in [-0.3, -0.25) is 9.82 Å². The van der Waals surface area contributed by atoms with Crippen LogP contribution < -0.4 is 4.72 Å². The third-order valence-corrected chi connectivity index (χ3v) is 5.06. The Morgan fingerprint density at radius 3 is 2.43 bits per heavy atom. The Balaban J connectivity index is 1.99. The number of hydrogen-bond acceptors (Lipinski definition) is 3. The van der Waals surface area contributed by atoms with Crippen molar-refractivity contribution in [2.24, 2.45) is 0 Å². The van der Waals surface area contributed by atoms with Crippen LogP contribution in [0.5, 0.6) is 0 Å². The summed E-state index contributed by atoms with van der Waals surface area (Å²) in [7, 11) is -3.73. The van der Waals surface area contributed by atoms with E-state index >= 15 is 0 Å². The number of nitrogens with zero attached hydrogens (tertiary/aromatic N) is 1. The van der Waals surface area contributed by atoms with Crippen LogP contribution in [0.4, 0.5) is 5.82 Å². The van der Waals surface area contributed by atoms with Gasteiger partial charge in [0.1, 0.15) is 5.82 Å². The fraction of sp³-hybridized carbons (Fsp3) is 0. The van der Waals surface area contributed by atoms with Crippen LogP contribution in [0.2, 0.25) is 10.0 Å². The van der Waals surface area contributed by atoms with E-state index in [4.69, 9.17) is 23.2 Å². The minimum atomic E-state index is -3.73. The number of aromatic nitrogens is 2. The summed E-state index contributed by atoms with van der Waals surface area (Å²) in [4.78, 5) is 0.155. The van der Waals surface area contributed by atoms with Crippen LogP contribution in [-0.4, -0.2) is 18.6 Å². The van der Waals surface area contributed by atoms with Crippen LogP contribution in [0.25, 0.3) is 11.1 Å². The van der Waals surface area contributed by atoms with Crippen molar-refractivity contribution in [2.75, 3.05) is 4.72 Å². The Kier molecular flexibility index (Phi) is 4.30. The lowest BCUT2D eigenvalue weighted by Gasteiger charge is -2.09. The summed E-state index contributed by atoms with van der Waals surface area (Å²) in [5, 5.41) is 7.43. The summed E-state index contributed by atoms with van der Waals surface area (Å²) >= 11 is 12.1. The topological polar surface area (TPSA) is 74.8 Å². The SMILES string of the molecule is O=S(=O)(Nc1[nH]ncc1-c1ccc(Cl)cc1Cl)c1ccccc1. The first-order chi connectivity index (χ1) is 11.0. The van der Waals surface area contributed by atoms with Crippen molar-refractivity contribution in [2.45, 2.75) is 4.90 Å². The van der Waals surface area contributed by atoms with Crippen LogP contribution in [0.1, 0.15) is 0 Å². The summed E-state index contributed by atoms with van der Waals surface area (Å²) in [5.74, 6) is 0.234. The van der Waals surface area contributed by atoms with Crippen molar-refractivity contribution in [3.8, 4) is 11.1 Å². The molecule has 0 saturated heterocycles. The molecule has 2 N–H and O–H groups in total. The van der Waals surface area contributed by atoms with Gasteiger partial charge < -0.3 is 0 Å². The van der Waals surface area contributed by atoms with E-state index in [2.05, 4.69) is 14.9 Å². The quantitative estimate of drug-likeness (QED) is 0.725. The molecule has 3 aromatic rings. The molecule has 0 spiro atoms. The van der Waals surface area contributed by atoms with Gasteiger partial charge in [-0.15, -0.1) is 0 Å². The third-order valence-electron chi connectivity index (χ3n) is 3.15. The highest BCUT2D eigenvalue weighted by molar-refractivity contribution is 7.92. The minimum absolute atomic E-state index is 0.155. The highest BCUT2D eigenvalue weighted by atomic mass is 35.5. The lowest BCUT2D eigenvalue weighted by molar-refractivity contribution is 0.601. The van der Waals surface area contributed by atoms with Gasteiger partial charge in [0.05, 0.1) is 16.1 Å². The van der Waals surface area contributed by atoms with Crippen LogP contribution in [0.3, 0.4) is 0 Å². The second-order valence-electron chi connectivity index (χ2n) is 4.70. The number of benzene rings is 2. The molecule has 118 valence electrons. The van der Waals surface area contributed by atoms with Crippen LogP contribution in [-0.2, 0) is 10.0 Å². The lowest BCUT2D eigenvalue weighted by Crippen LogP contribution is -2.13. The largest absolute Gasteiger partial charge is 0.263 e. The number of nitrogens with one attached hydrogen (secondary N) is 2. The molecule has 0 fully saturated rings. The lowest BCUT2D eigenvalue weighted by atomic mass is 10.1. The van der Waals surface area contributed by atoms with Gasteiger partial charge in [-0.1, -0.05) is 47.5 Å². The first-order valence-electron chi connectivity index (χ1n) is 6.54. The normalized spacial score (nSPS) is 11.4. The minimum Gasteiger partial charge on any atom is -0.263 e. The zero-order valence-electron chi connectivity index (χ0n) is 11.6. The van der Waals surface area contributed by atoms with E-state index in [1.165, 1.54) is 18.3 Å². The number of H-pyrrole nitrogens is 1. The summed E-state index contributed by atoms with van der Waals surface area (Å²) in [6, 6.07) is 13.0. The summed E-state index contributed by atoms with van der Waals surface area (Å²) in [6.07, 6.45) is 1.50. The smallest absolute Gasteiger partial charge is 0.263 e. The maximum atomic E-state index is 12.4. The number of anilines is 1. The Bertz CT molecular complexity index is 940. The molecular weight excluding hydrogens is 357 g/mol. The van der Waals surface area contributed by atoms with Crippen LogP contribution in [0.15, 0.2) is 59.6 Å². The zero-order valence-corrected chi connectivity index (χ0v) is 14.0. The van der Waals surface area contributed by atoms with Gasteiger partial charge in [-0.25, -0.2) is 8.42 Å². The fourth-order valence-electron chi connectivity index (χ4n) is 2.07. The second-order valence-corrected chi connectivity index (χ2v) is 7.23. The third kappa shape index (κ3) is 3.34. The van der Waals surface area contributed by atoms with Gasteiger partial charge in [0.15, 0.2) is 0 Å². The highest BCUT2D eigenvalue weighted by Gasteiger charge is 2.18. The molecule has 23 heavy (non-hydrogen) atoms. The maximum Gasteiger partial charge on any atom is 0.263 e. The molecule has 0 aliphatic heterocycles. The Hall–Kier alpha value is -2.02. The molecule has 1 heterocycles. The molecule has 0 amide bonds. The molecule has 0 aliphatic carbocycles. The molecule has 0 aliphatic rings. The second kappa shape index (κ2) is 6.23. The van der Waals surface area contributed by atoms with Gasteiger partial charge in [0.25, 0.3) is 10.0 Å². The average molecular weight is 368 g/mol. The molecule has 0 radical (unpaired) electrons. The molecule has 0 bridgehead atoms. The number of aromatic amines is 1. The molecular formula is C15H11Cl2N3O2S. The van der Waals surface area contributed by atoms with Crippen molar-refractivity contribution in [1.29, 1.82) is 0 Å². The fourth-order valence-corrected chi connectivity index (χ4v) is 3.64. The number of halogens is 2. The molecule has 3 rings (SSSR count). The van der Waals surface area contributed by atoms with E-state index in [1.54, 1.807) is 36.4 Å². The Morgan fingerprint density at radius 2 is 1.74 bits per heavy atom. The van der Waals surface area contributed by atoms with E-state index in [0.717, 1.165) is 0 Å². The van der Waals surface area contributed by atoms with Gasteiger partial charge >= 0.3 is 0 Å². The Morgan fingerprint density at radius 1 is 1.00 bits per heavy atom.